The molecule has 0 aromatic heterocycles. The predicted molar refractivity (Wildman–Crippen MR) is 50.8 cm³/mol. The van der Waals surface area contributed by atoms with E-state index in [0.29, 0.717) is 10.8 Å². The van der Waals surface area contributed by atoms with E-state index in [1.54, 1.807) is 6.07 Å². The number of fused-ring (bicyclic) bond motifs is 1. The minimum Gasteiger partial charge on any atom is -0.323 e. The van der Waals surface area contributed by atoms with Gasteiger partial charge in [-0.05, 0) is 12.1 Å². The number of hydrogen-bond acceptors (Lipinski definition) is 2. The van der Waals surface area contributed by atoms with Crippen molar-refractivity contribution >= 4 is 35.0 Å². The van der Waals surface area contributed by atoms with Gasteiger partial charge in [-0.1, -0.05) is 17.7 Å². The first kappa shape index (κ1) is 7.95. The molecule has 62 valence electrons. The summed E-state index contributed by atoms with van der Waals surface area (Å²) >= 11 is 7.39. The second kappa shape index (κ2) is 2.99. The van der Waals surface area contributed by atoms with Crippen LogP contribution in [0.4, 0.5) is 5.69 Å². The molecule has 2 nitrogen and oxygen atoms in total. The highest BCUT2D eigenvalue weighted by Crippen LogP contribution is 2.36. The summed E-state index contributed by atoms with van der Waals surface area (Å²) in [6.45, 7) is 0. The number of hydrogen-bond donors (Lipinski definition) is 1. The van der Waals surface area contributed by atoms with Crippen LogP contribution in [0.2, 0.25) is 5.02 Å². The third-order valence-electron chi connectivity index (χ3n) is 1.60. The van der Waals surface area contributed by atoms with Gasteiger partial charge < -0.3 is 5.32 Å². The number of halogens is 1. The fraction of sp³-hybridized carbons (Fsp3) is 0.125. The van der Waals surface area contributed by atoms with E-state index in [-0.39, 0.29) is 5.91 Å². The van der Waals surface area contributed by atoms with Gasteiger partial charge in [-0.15, -0.1) is 11.8 Å². The minimum atomic E-state index is 0.0144. The van der Waals surface area contributed by atoms with Crippen LogP contribution in [-0.2, 0) is 4.79 Å². The third-order valence-corrected chi connectivity index (χ3v) is 2.97. The molecule has 0 atom stereocenters. The summed E-state index contributed by atoms with van der Waals surface area (Å²) in [4.78, 5) is 12.0. The van der Waals surface area contributed by atoms with Crippen molar-refractivity contribution in [3.05, 3.63) is 23.2 Å². The lowest BCUT2D eigenvalue weighted by molar-refractivity contribution is -0.113. The molecule has 0 unspecified atom stereocenters. The zero-order valence-corrected chi connectivity index (χ0v) is 7.71. The Morgan fingerprint density at radius 3 is 3.17 bits per heavy atom. The Labute approximate surface area is 79.3 Å². The first-order valence-electron chi connectivity index (χ1n) is 3.48. The van der Waals surface area contributed by atoms with Crippen LogP contribution in [0.15, 0.2) is 23.1 Å². The summed E-state index contributed by atoms with van der Waals surface area (Å²) in [5.41, 5.74) is 0.750. The van der Waals surface area contributed by atoms with Gasteiger partial charge in [-0.2, -0.15) is 0 Å². The second-order valence-corrected chi connectivity index (χ2v) is 3.87. The number of anilines is 1. The van der Waals surface area contributed by atoms with E-state index in [1.165, 1.54) is 11.8 Å². The van der Waals surface area contributed by atoms with Gasteiger partial charge in [0.25, 0.3) is 0 Å². The summed E-state index contributed by atoms with van der Waals surface area (Å²) in [7, 11) is 0. The van der Waals surface area contributed by atoms with Crippen LogP contribution in [-0.4, -0.2) is 11.7 Å². The van der Waals surface area contributed by atoms with Gasteiger partial charge in [-0.25, -0.2) is 0 Å². The molecule has 0 aliphatic carbocycles. The second-order valence-electron chi connectivity index (χ2n) is 2.45. The van der Waals surface area contributed by atoms with Crippen LogP contribution < -0.4 is 5.32 Å². The molecular formula is C8H6ClNOS. The molecule has 1 aliphatic heterocycles. The Morgan fingerprint density at radius 2 is 2.33 bits per heavy atom. The van der Waals surface area contributed by atoms with Crippen molar-refractivity contribution < 1.29 is 4.79 Å². The number of carbonyl (C=O) groups excluding carboxylic acids is 1. The molecule has 1 heterocycles. The van der Waals surface area contributed by atoms with Gasteiger partial charge in [0.05, 0.1) is 16.5 Å². The van der Waals surface area contributed by atoms with E-state index in [9.17, 15) is 4.79 Å². The van der Waals surface area contributed by atoms with E-state index < -0.39 is 0 Å². The lowest BCUT2D eigenvalue weighted by Gasteiger charge is -2.16. The molecular weight excluding hydrogens is 194 g/mol. The normalized spacial score (nSPS) is 15.2. The van der Waals surface area contributed by atoms with Gasteiger partial charge in [0, 0.05) is 4.90 Å². The highest BCUT2D eigenvalue weighted by molar-refractivity contribution is 8.00. The average molecular weight is 200 g/mol. The van der Waals surface area contributed by atoms with Crippen LogP contribution >= 0.6 is 23.4 Å². The van der Waals surface area contributed by atoms with Crippen LogP contribution in [0.3, 0.4) is 0 Å². The van der Waals surface area contributed by atoms with E-state index in [0.717, 1.165) is 10.6 Å². The topological polar surface area (TPSA) is 29.1 Å². The van der Waals surface area contributed by atoms with Crippen LogP contribution in [0.5, 0.6) is 0 Å². The van der Waals surface area contributed by atoms with E-state index in [2.05, 4.69) is 5.32 Å². The lowest BCUT2D eigenvalue weighted by Crippen LogP contribution is -2.18. The number of rotatable bonds is 0. The summed E-state index contributed by atoms with van der Waals surface area (Å²) in [5.74, 6) is 0.494. The largest absolute Gasteiger partial charge is 0.323 e. The zero-order valence-electron chi connectivity index (χ0n) is 6.13. The quantitative estimate of drug-likeness (QED) is 0.695. The van der Waals surface area contributed by atoms with E-state index in [1.807, 2.05) is 12.1 Å². The molecule has 0 saturated carbocycles. The van der Waals surface area contributed by atoms with Crippen molar-refractivity contribution in [1.82, 2.24) is 0 Å². The summed E-state index contributed by atoms with van der Waals surface area (Å²) in [6, 6.07) is 5.60. The zero-order chi connectivity index (χ0) is 8.55. The maximum Gasteiger partial charge on any atom is 0.234 e. The van der Waals surface area contributed by atoms with Gasteiger partial charge in [-0.3, -0.25) is 4.79 Å². The smallest absolute Gasteiger partial charge is 0.234 e. The summed E-state index contributed by atoms with van der Waals surface area (Å²) in [6.07, 6.45) is 0. The van der Waals surface area contributed by atoms with Gasteiger partial charge >= 0.3 is 0 Å². The van der Waals surface area contributed by atoms with Gasteiger partial charge in [0.2, 0.25) is 5.91 Å². The number of carbonyl (C=O) groups is 1. The fourth-order valence-corrected chi connectivity index (χ4v) is 2.18. The van der Waals surface area contributed by atoms with Crippen molar-refractivity contribution in [2.75, 3.05) is 11.1 Å². The molecule has 12 heavy (non-hydrogen) atoms. The van der Waals surface area contributed by atoms with Crippen LogP contribution in [0, 0.1) is 0 Å². The van der Waals surface area contributed by atoms with Gasteiger partial charge in [0.15, 0.2) is 0 Å². The highest BCUT2D eigenvalue weighted by atomic mass is 35.5. The maximum absolute atomic E-state index is 11.0. The number of para-hydroxylation sites is 1. The third kappa shape index (κ3) is 1.30. The van der Waals surface area contributed by atoms with Crippen molar-refractivity contribution in [1.29, 1.82) is 0 Å². The predicted octanol–water partition coefficient (Wildman–Crippen LogP) is 2.38. The van der Waals surface area contributed by atoms with Gasteiger partial charge in [0.1, 0.15) is 0 Å². The van der Waals surface area contributed by atoms with Crippen molar-refractivity contribution in [3.8, 4) is 0 Å². The number of amides is 1. The van der Waals surface area contributed by atoms with Crippen molar-refractivity contribution in [2.45, 2.75) is 4.90 Å². The number of benzene rings is 1. The molecule has 1 aliphatic rings. The fourth-order valence-electron chi connectivity index (χ4n) is 1.06. The molecule has 0 spiro atoms. The van der Waals surface area contributed by atoms with E-state index >= 15 is 0 Å². The minimum absolute atomic E-state index is 0.0144. The maximum atomic E-state index is 11.0. The molecule has 1 N–H and O–H groups in total. The van der Waals surface area contributed by atoms with Crippen molar-refractivity contribution in [3.63, 3.8) is 0 Å². The van der Waals surface area contributed by atoms with E-state index in [4.69, 9.17) is 11.6 Å². The molecule has 2 rings (SSSR count). The molecule has 4 heteroatoms. The number of thioether (sulfide) groups is 1. The Hall–Kier alpha value is -0.670. The number of nitrogens with one attached hydrogen (secondary N) is 1. The van der Waals surface area contributed by atoms with Crippen LogP contribution in [0.1, 0.15) is 0 Å². The summed E-state index contributed by atoms with van der Waals surface area (Å²) < 4.78 is 0. The molecule has 0 bridgehead atoms. The molecule has 0 fully saturated rings. The molecule has 0 saturated heterocycles. The molecule has 0 radical (unpaired) electrons. The Kier molecular flexibility index (Phi) is 1.98. The monoisotopic (exact) mass is 199 g/mol. The van der Waals surface area contributed by atoms with Crippen LogP contribution in [0.25, 0.3) is 0 Å². The SMILES string of the molecule is O=C1CSc2cccc(Cl)c2N1. The molecule has 1 aromatic rings. The first-order chi connectivity index (χ1) is 5.77. The standard InChI is InChI=1S/C8H6ClNOS/c9-5-2-1-3-6-8(5)10-7(11)4-12-6/h1-3H,4H2,(H,10,11). The summed E-state index contributed by atoms with van der Waals surface area (Å²) in [5, 5.41) is 3.34. The molecule has 1 amide bonds. The highest BCUT2D eigenvalue weighted by Gasteiger charge is 2.16. The Balaban J connectivity index is 2.50. The Morgan fingerprint density at radius 1 is 1.50 bits per heavy atom. The first-order valence-corrected chi connectivity index (χ1v) is 4.85. The molecule has 1 aromatic carbocycles. The average Bonchev–Trinajstić information content (AvgIpc) is 2.07. The lowest BCUT2D eigenvalue weighted by atomic mass is 10.3. The Bertz CT molecular complexity index is 340. The van der Waals surface area contributed by atoms with Crippen molar-refractivity contribution in [2.24, 2.45) is 0 Å².